The van der Waals surface area contributed by atoms with E-state index in [2.05, 4.69) is 4.43 Å². The Bertz CT molecular complexity index is 317. The van der Waals surface area contributed by atoms with E-state index in [1.165, 1.54) is 19.2 Å². The van der Waals surface area contributed by atoms with Gasteiger partial charge in [0.25, 0.3) is 0 Å². The first-order chi connectivity index (χ1) is 7.03. The van der Waals surface area contributed by atoms with E-state index < -0.39 is 8.80 Å². The lowest BCUT2D eigenvalue weighted by Gasteiger charge is -2.13. The zero-order valence-corrected chi connectivity index (χ0v) is 9.61. The van der Waals surface area contributed by atoms with Gasteiger partial charge in [-0.1, -0.05) is 12.1 Å². The topological polar surface area (TPSA) is 49.7 Å². The second-order valence-corrected chi connectivity index (χ2v) is 5.83. The summed E-state index contributed by atoms with van der Waals surface area (Å²) in [5.74, 6) is -0.268. The Morgan fingerprint density at radius 2 is 2.13 bits per heavy atom. The standard InChI is InChI=1S/C10H15FO3Si/c1-14-15(12,13)7-3-5-9-4-2-6-10(11)8-9/h2,4,6,8,12-13H,3,5,7H2,1H3. The smallest absolute Gasteiger partial charge is 0.390 e. The molecular weight excluding hydrogens is 215 g/mol. The van der Waals surface area contributed by atoms with Crippen LogP contribution in [0.25, 0.3) is 0 Å². The van der Waals surface area contributed by atoms with Gasteiger partial charge in [-0.2, -0.15) is 0 Å². The first-order valence-corrected chi connectivity index (χ1v) is 6.79. The van der Waals surface area contributed by atoms with Crippen molar-refractivity contribution in [2.24, 2.45) is 0 Å². The molecule has 3 nitrogen and oxygen atoms in total. The minimum atomic E-state index is -3.44. The van der Waals surface area contributed by atoms with Crippen LogP contribution in [0.2, 0.25) is 6.04 Å². The maximum absolute atomic E-state index is 12.8. The lowest BCUT2D eigenvalue weighted by Crippen LogP contribution is -2.37. The molecule has 0 aliphatic rings. The highest BCUT2D eigenvalue weighted by Crippen LogP contribution is 2.11. The minimum absolute atomic E-state index is 0.236. The molecule has 0 bridgehead atoms. The molecule has 2 N–H and O–H groups in total. The molecule has 1 aromatic carbocycles. The Hall–Kier alpha value is -0.753. The maximum atomic E-state index is 12.8. The summed E-state index contributed by atoms with van der Waals surface area (Å²) in [5, 5.41) is 0. The highest BCUT2D eigenvalue weighted by molar-refractivity contribution is 6.57. The van der Waals surface area contributed by atoms with Gasteiger partial charge in [0.1, 0.15) is 5.82 Å². The predicted molar refractivity (Wildman–Crippen MR) is 56.7 cm³/mol. The Balaban J connectivity index is 2.38. The van der Waals surface area contributed by atoms with E-state index in [4.69, 9.17) is 0 Å². The third-order valence-electron chi connectivity index (χ3n) is 2.18. The minimum Gasteiger partial charge on any atom is -0.390 e. The zero-order chi connectivity index (χ0) is 11.3. The molecule has 0 unspecified atom stereocenters. The molecule has 0 fully saturated rings. The van der Waals surface area contributed by atoms with E-state index in [-0.39, 0.29) is 11.9 Å². The van der Waals surface area contributed by atoms with Gasteiger partial charge in [-0.25, -0.2) is 4.39 Å². The molecule has 15 heavy (non-hydrogen) atoms. The van der Waals surface area contributed by atoms with Crippen LogP contribution in [0.5, 0.6) is 0 Å². The van der Waals surface area contributed by atoms with Crippen molar-refractivity contribution in [1.82, 2.24) is 0 Å². The third kappa shape index (κ3) is 4.52. The van der Waals surface area contributed by atoms with Crippen LogP contribution in [-0.2, 0) is 10.8 Å². The molecule has 5 heteroatoms. The second-order valence-electron chi connectivity index (χ2n) is 3.43. The average molecular weight is 230 g/mol. The van der Waals surface area contributed by atoms with Gasteiger partial charge in [0.2, 0.25) is 0 Å². The molecular formula is C10H15FO3Si. The van der Waals surface area contributed by atoms with Crippen molar-refractivity contribution in [3.05, 3.63) is 35.6 Å². The Morgan fingerprint density at radius 1 is 1.40 bits per heavy atom. The quantitative estimate of drug-likeness (QED) is 0.750. The van der Waals surface area contributed by atoms with Crippen molar-refractivity contribution >= 4 is 8.80 Å². The second kappa shape index (κ2) is 5.36. The fourth-order valence-electron chi connectivity index (χ4n) is 1.32. The Labute approximate surface area is 89.5 Å². The van der Waals surface area contributed by atoms with Gasteiger partial charge < -0.3 is 14.0 Å². The van der Waals surface area contributed by atoms with Crippen LogP contribution in [0, 0.1) is 5.82 Å². The summed E-state index contributed by atoms with van der Waals surface area (Å²) in [6.07, 6.45) is 1.20. The van der Waals surface area contributed by atoms with Gasteiger partial charge in [-0.15, -0.1) is 0 Å². The first-order valence-electron chi connectivity index (χ1n) is 4.78. The van der Waals surface area contributed by atoms with Gasteiger partial charge in [0.05, 0.1) is 0 Å². The first kappa shape index (κ1) is 12.3. The van der Waals surface area contributed by atoms with E-state index in [1.807, 2.05) is 6.07 Å². The van der Waals surface area contributed by atoms with Gasteiger partial charge in [0, 0.05) is 13.2 Å². The number of hydrogen-bond acceptors (Lipinski definition) is 3. The summed E-state index contributed by atoms with van der Waals surface area (Å²) < 4.78 is 17.4. The molecule has 0 aromatic heterocycles. The summed E-state index contributed by atoms with van der Waals surface area (Å²) in [7, 11) is -2.15. The summed E-state index contributed by atoms with van der Waals surface area (Å²) >= 11 is 0. The fraction of sp³-hybridized carbons (Fsp3) is 0.400. The molecule has 0 amide bonds. The van der Waals surface area contributed by atoms with E-state index in [9.17, 15) is 14.0 Å². The maximum Gasteiger partial charge on any atom is 0.495 e. The van der Waals surface area contributed by atoms with Crippen LogP contribution in [0.15, 0.2) is 24.3 Å². The normalized spacial score (nSPS) is 11.7. The largest absolute Gasteiger partial charge is 0.495 e. The van der Waals surface area contributed by atoms with Crippen LogP contribution in [0.4, 0.5) is 4.39 Å². The lowest BCUT2D eigenvalue weighted by atomic mass is 10.1. The van der Waals surface area contributed by atoms with Crippen molar-refractivity contribution in [2.75, 3.05) is 7.11 Å². The van der Waals surface area contributed by atoms with E-state index in [0.29, 0.717) is 12.8 Å². The van der Waals surface area contributed by atoms with Crippen LogP contribution < -0.4 is 0 Å². The van der Waals surface area contributed by atoms with E-state index in [1.54, 1.807) is 6.07 Å². The summed E-state index contributed by atoms with van der Waals surface area (Å²) in [5.41, 5.74) is 0.857. The molecule has 0 saturated carbocycles. The van der Waals surface area contributed by atoms with Gasteiger partial charge in [0.15, 0.2) is 0 Å². The molecule has 0 heterocycles. The predicted octanol–water partition coefficient (Wildman–Crippen LogP) is 1.33. The Morgan fingerprint density at radius 3 is 2.73 bits per heavy atom. The van der Waals surface area contributed by atoms with Crippen LogP contribution in [-0.4, -0.2) is 25.5 Å². The summed E-state index contributed by atoms with van der Waals surface area (Å²) in [6, 6.07) is 6.53. The summed E-state index contributed by atoms with van der Waals surface area (Å²) in [4.78, 5) is 18.5. The lowest BCUT2D eigenvalue weighted by molar-refractivity contribution is 0.184. The third-order valence-corrected chi connectivity index (χ3v) is 3.84. The fourth-order valence-corrected chi connectivity index (χ4v) is 2.16. The van der Waals surface area contributed by atoms with Crippen LogP contribution >= 0.6 is 0 Å². The zero-order valence-electron chi connectivity index (χ0n) is 8.61. The Kier molecular flexibility index (Phi) is 4.40. The van der Waals surface area contributed by atoms with E-state index >= 15 is 0 Å². The molecule has 0 aliphatic carbocycles. The average Bonchev–Trinajstić information content (AvgIpc) is 2.18. The molecule has 0 atom stereocenters. The van der Waals surface area contributed by atoms with Crippen molar-refractivity contribution in [3.8, 4) is 0 Å². The summed E-state index contributed by atoms with van der Waals surface area (Å²) in [6.45, 7) is 0. The number of rotatable bonds is 5. The van der Waals surface area contributed by atoms with Crippen molar-refractivity contribution in [3.63, 3.8) is 0 Å². The van der Waals surface area contributed by atoms with Crippen molar-refractivity contribution < 1.29 is 18.4 Å². The van der Waals surface area contributed by atoms with Crippen LogP contribution in [0.3, 0.4) is 0 Å². The van der Waals surface area contributed by atoms with Crippen LogP contribution in [0.1, 0.15) is 12.0 Å². The molecule has 84 valence electrons. The number of hydrogen-bond donors (Lipinski definition) is 2. The molecule has 0 radical (unpaired) electrons. The highest BCUT2D eigenvalue weighted by Gasteiger charge is 2.29. The SMILES string of the molecule is CO[Si](O)(O)CCCc1cccc(F)c1. The van der Waals surface area contributed by atoms with E-state index in [0.717, 1.165) is 5.56 Å². The molecule has 1 rings (SSSR count). The molecule has 0 spiro atoms. The highest BCUT2D eigenvalue weighted by atomic mass is 28.4. The molecule has 0 aliphatic heterocycles. The van der Waals surface area contributed by atoms with Gasteiger partial charge in [-0.3, -0.25) is 0 Å². The number of aryl methyl sites for hydroxylation is 1. The molecule has 1 aromatic rings. The van der Waals surface area contributed by atoms with Gasteiger partial charge in [-0.05, 0) is 30.5 Å². The molecule has 0 saturated heterocycles. The van der Waals surface area contributed by atoms with Crippen molar-refractivity contribution in [1.29, 1.82) is 0 Å². The number of halogens is 1. The monoisotopic (exact) mass is 230 g/mol. The number of benzene rings is 1. The van der Waals surface area contributed by atoms with Gasteiger partial charge >= 0.3 is 8.80 Å². The van der Waals surface area contributed by atoms with Crippen molar-refractivity contribution in [2.45, 2.75) is 18.9 Å².